The molecule has 0 aliphatic heterocycles. The van der Waals surface area contributed by atoms with Crippen LogP contribution in [0.15, 0.2) is 23.0 Å². The number of hydrogen-bond donors (Lipinski definition) is 0. The molecular weight excluding hydrogens is 251 g/mol. The normalized spacial score (nSPS) is 10.4. The van der Waals surface area contributed by atoms with Crippen LogP contribution in [-0.4, -0.2) is 22.2 Å². The van der Waals surface area contributed by atoms with E-state index >= 15 is 0 Å². The van der Waals surface area contributed by atoms with Gasteiger partial charge in [0.2, 0.25) is 5.28 Å². The summed E-state index contributed by atoms with van der Waals surface area (Å²) in [5.41, 5.74) is 1.01. The van der Waals surface area contributed by atoms with Crippen LogP contribution in [0.4, 0.5) is 5.82 Å². The van der Waals surface area contributed by atoms with Crippen molar-refractivity contribution >= 4 is 29.0 Å². The van der Waals surface area contributed by atoms with Gasteiger partial charge < -0.3 is 9.32 Å². The molecule has 2 rings (SSSR count). The number of rotatable bonds is 3. The van der Waals surface area contributed by atoms with Gasteiger partial charge in [0.05, 0.1) is 12.5 Å². The summed E-state index contributed by atoms with van der Waals surface area (Å²) in [6.45, 7) is 0.602. The summed E-state index contributed by atoms with van der Waals surface area (Å²) < 4.78 is 4.97. The molecular formula is C9H8Cl2N4O. The van der Waals surface area contributed by atoms with Crippen molar-refractivity contribution in [1.82, 2.24) is 15.2 Å². The van der Waals surface area contributed by atoms with Crippen LogP contribution >= 0.6 is 23.2 Å². The maximum absolute atomic E-state index is 5.87. The van der Waals surface area contributed by atoms with Crippen molar-refractivity contribution in [2.45, 2.75) is 6.54 Å². The maximum atomic E-state index is 5.87. The molecule has 0 aliphatic carbocycles. The fourth-order valence-electron chi connectivity index (χ4n) is 1.26. The van der Waals surface area contributed by atoms with E-state index in [0.29, 0.717) is 12.4 Å². The van der Waals surface area contributed by atoms with Crippen LogP contribution in [0.2, 0.25) is 10.4 Å². The van der Waals surface area contributed by atoms with Crippen molar-refractivity contribution in [1.29, 1.82) is 0 Å². The quantitative estimate of drug-likeness (QED) is 0.847. The number of nitrogens with zero attached hydrogens (tertiary/aromatic N) is 4. The molecule has 0 saturated heterocycles. The zero-order valence-corrected chi connectivity index (χ0v) is 9.90. The molecule has 0 aliphatic rings. The minimum atomic E-state index is 0.0680. The first-order chi connectivity index (χ1) is 7.66. The Bertz CT molecular complexity index is 474. The summed E-state index contributed by atoms with van der Waals surface area (Å²) in [4.78, 5) is 5.82. The van der Waals surface area contributed by atoms with Crippen LogP contribution in [0.25, 0.3) is 0 Å². The molecule has 0 spiro atoms. The highest BCUT2D eigenvalue weighted by Gasteiger charge is 2.11. The molecule has 5 nitrogen and oxygen atoms in total. The van der Waals surface area contributed by atoms with Gasteiger partial charge in [-0.05, 0) is 17.7 Å². The third-order valence-corrected chi connectivity index (χ3v) is 2.37. The van der Waals surface area contributed by atoms with E-state index in [0.717, 1.165) is 5.56 Å². The van der Waals surface area contributed by atoms with E-state index in [-0.39, 0.29) is 10.4 Å². The lowest BCUT2D eigenvalue weighted by Gasteiger charge is -2.17. The smallest absolute Gasteiger partial charge is 0.245 e. The molecule has 0 amide bonds. The topological polar surface area (TPSA) is 55.1 Å². The predicted molar refractivity (Wildman–Crippen MR) is 60.7 cm³/mol. The summed E-state index contributed by atoms with van der Waals surface area (Å²) in [5, 5.41) is 7.52. The van der Waals surface area contributed by atoms with Crippen molar-refractivity contribution in [2.75, 3.05) is 11.9 Å². The average molecular weight is 259 g/mol. The van der Waals surface area contributed by atoms with Crippen LogP contribution < -0.4 is 4.90 Å². The molecule has 0 atom stereocenters. The lowest BCUT2D eigenvalue weighted by molar-refractivity contribution is 0.563. The van der Waals surface area contributed by atoms with Gasteiger partial charge in [0.15, 0.2) is 11.0 Å². The highest BCUT2D eigenvalue weighted by atomic mass is 35.5. The Hall–Kier alpha value is -1.33. The summed E-state index contributed by atoms with van der Waals surface area (Å²) >= 11 is 11.5. The zero-order valence-electron chi connectivity index (χ0n) is 8.39. The molecule has 2 aromatic rings. The molecule has 0 aromatic carbocycles. The van der Waals surface area contributed by atoms with Crippen LogP contribution in [0.1, 0.15) is 5.56 Å². The van der Waals surface area contributed by atoms with Gasteiger partial charge in [-0.25, -0.2) is 0 Å². The molecule has 7 heteroatoms. The van der Waals surface area contributed by atoms with Crippen molar-refractivity contribution in [2.24, 2.45) is 0 Å². The second-order valence-corrected chi connectivity index (χ2v) is 3.88. The van der Waals surface area contributed by atoms with Gasteiger partial charge in [0, 0.05) is 19.2 Å². The minimum Gasteiger partial charge on any atom is -0.472 e. The van der Waals surface area contributed by atoms with Crippen molar-refractivity contribution in [3.63, 3.8) is 0 Å². The molecule has 0 bridgehead atoms. The predicted octanol–water partition coefficient (Wildman–Crippen LogP) is 2.41. The van der Waals surface area contributed by atoms with Gasteiger partial charge >= 0.3 is 0 Å². The first-order valence-corrected chi connectivity index (χ1v) is 5.20. The Morgan fingerprint density at radius 2 is 2.19 bits per heavy atom. The Morgan fingerprint density at radius 3 is 2.88 bits per heavy atom. The Balaban J connectivity index is 2.20. The highest BCUT2D eigenvalue weighted by Crippen LogP contribution is 2.21. The van der Waals surface area contributed by atoms with Gasteiger partial charge in [-0.2, -0.15) is 4.98 Å². The summed E-state index contributed by atoms with van der Waals surface area (Å²) in [7, 11) is 1.83. The largest absolute Gasteiger partial charge is 0.472 e. The summed E-state index contributed by atoms with van der Waals surface area (Å²) in [6.07, 6.45) is 3.26. The van der Waals surface area contributed by atoms with Crippen LogP contribution in [0.5, 0.6) is 0 Å². The minimum absolute atomic E-state index is 0.0680. The fourth-order valence-corrected chi connectivity index (χ4v) is 1.60. The number of aromatic nitrogens is 3. The van der Waals surface area contributed by atoms with Crippen LogP contribution in [-0.2, 0) is 6.54 Å². The molecule has 16 heavy (non-hydrogen) atoms. The van der Waals surface area contributed by atoms with E-state index in [4.69, 9.17) is 27.6 Å². The molecule has 0 unspecified atom stereocenters. The van der Waals surface area contributed by atoms with Crippen LogP contribution in [0, 0.1) is 0 Å². The third kappa shape index (κ3) is 2.43. The first kappa shape index (κ1) is 11.2. The lowest BCUT2D eigenvalue weighted by Crippen LogP contribution is -2.18. The number of hydrogen-bond acceptors (Lipinski definition) is 5. The Labute approximate surface area is 102 Å². The van der Waals surface area contributed by atoms with Crippen LogP contribution in [0.3, 0.4) is 0 Å². The number of anilines is 1. The summed E-state index contributed by atoms with van der Waals surface area (Å²) in [5.74, 6) is 0.489. The van der Waals surface area contributed by atoms with Crippen molar-refractivity contribution < 1.29 is 4.42 Å². The first-order valence-electron chi connectivity index (χ1n) is 4.45. The Kier molecular flexibility index (Phi) is 3.26. The summed E-state index contributed by atoms with van der Waals surface area (Å²) in [6, 6.07) is 1.86. The molecule has 0 saturated carbocycles. The van der Waals surface area contributed by atoms with Gasteiger partial charge in [-0.1, -0.05) is 11.6 Å². The average Bonchev–Trinajstić information content (AvgIpc) is 2.74. The monoisotopic (exact) mass is 258 g/mol. The van der Waals surface area contributed by atoms with E-state index in [1.165, 1.54) is 0 Å². The second-order valence-electron chi connectivity index (χ2n) is 3.18. The van der Waals surface area contributed by atoms with E-state index in [1.54, 1.807) is 12.5 Å². The molecule has 2 heterocycles. The van der Waals surface area contributed by atoms with E-state index in [9.17, 15) is 0 Å². The van der Waals surface area contributed by atoms with Gasteiger partial charge in [0.25, 0.3) is 0 Å². The van der Waals surface area contributed by atoms with E-state index in [2.05, 4.69) is 15.2 Å². The van der Waals surface area contributed by atoms with Gasteiger partial charge in [-0.3, -0.25) is 0 Å². The molecule has 84 valence electrons. The van der Waals surface area contributed by atoms with E-state index in [1.807, 2.05) is 18.0 Å². The molecule has 0 N–H and O–H groups in total. The van der Waals surface area contributed by atoms with Gasteiger partial charge in [0.1, 0.15) is 0 Å². The maximum Gasteiger partial charge on any atom is 0.245 e. The number of furan rings is 1. The standard InChI is InChI=1S/C9H8Cl2N4O/c1-15(4-6-2-3-16-5-6)8-7(10)13-14-9(11)12-8/h2-3,5H,4H2,1H3. The molecule has 0 fully saturated rings. The lowest BCUT2D eigenvalue weighted by atomic mass is 10.3. The van der Waals surface area contributed by atoms with E-state index < -0.39 is 0 Å². The van der Waals surface area contributed by atoms with Gasteiger partial charge in [-0.15, -0.1) is 10.2 Å². The van der Waals surface area contributed by atoms with Crippen molar-refractivity contribution in [3.05, 3.63) is 34.6 Å². The van der Waals surface area contributed by atoms with Crippen molar-refractivity contribution in [3.8, 4) is 0 Å². The Morgan fingerprint density at radius 1 is 1.38 bits per heavy atom. The second kappa shape index (κ2) is 4.67. The molecule has 2 aromatic heterocycles. The third-order valence-electron chi connectivity index (χ3n) is 1.96. The highest BCUT2D eigenvalue weighted by molar-refractivity contribution is 6.32. The zero-order chi connectivity index (χ0) is 11.5. The molecule has 0 radical (unpaired) electrons. The SMILES string of the molecule is CN(Cc1ccoc1)c1nc(Cl)nnc1Cl. The fraction of sp³-hybridized carbons (Fsp3) is 0.222. The number of halogens is 2.